The lowest BCUT2D eigenvalue weighted by atomic mass is 9.81. The molecule has 8 heteroatoms. The molecule has 0 atom stereocenters. The van der Waals surface area contributed by atoms with Gasteiger partial charge in [0.25, 0.3) is 0 Å². The highest BCUT2D eigenvalue weighted by atomic mass is 16.5. The minimum atomic E-state index is 0.0162. The van der Waals surface area contributed by atoms with Crippen LogP contribution in [0.15, 0.2) is 48.9 Å². The summed E-state index contributed by atoms with van der Waals surface area (Å²) < 4.78 is 8.04. The van der Waals surface area contributed by atoms with E-state index < -0.39 is 0 Å². The van der Waals surface area contributed by atoms with Crippen LogP contribution in [0.2, 0.25) is 0 Å². The number of aromatic nitrogens is 6. The average molecular weight is 418 g/mol. The highest BCUT2D eigenvalue weighted by Gasteiger charge is 2.38. The van der Waals surface area contributed by atoms with Crippen molar-refractivity contribution in [3.05, 3.63) is 48.9 Å². The van der Waals surface area contributed by atoms with Crippen LogP contribution < -0.4 is 10.1 Å². The van der Waals surface area contributed by atoms with Gasteiger partial charge in [-0.2, -0.15) is 10.2 Å². The van der Waals surface area contributed by atoms with E-state index in [2.05, 4.69) is 58.5 Å². The number of ether oxygens (including phenoxy) is 1. The summed E-state index contributed by atoms with van der Waals surface area (Å²) >= 11 is 0. The molecule has 1 fully saturated rings. The van der Waals surface area contributed by atoms with Crippen molar-refractivity contribution in [1.29, 1.82) is 0 Å². The lowest BCUT2D eigenvalue weighted by molar-refractivity contribution is 0.0524. The van der Waals surface area contributed by atoms with Gasteiger partial charge < -0.3 is 10.1 Å². The molecule has 31 heavy (non-hydrogen) atoms. The van der Waals surface area contributed by atoms with Crippen molar-refractivity contribution >= 4 is 10.9 Å². The van der Waals surface area contributed by atoms with Gasteiger partial charge in [-0.1, -0.05) is 0 Å². The van der Waals surface area contributed by atoms with Gasteiger partial charge in [0.2, 0.25) is 5.88 Å². The second-order valence-electron chi connectivity index (χ2n) is 9.54. The van der Waals surface area contributed by atoms with Gasteiger partial charge in [-0.25, -0.2) is 4.68 Å². The summed E-state index contributed by atoms with van der Waals surface area (Å²) in [5.41, 5.74) is 3.59. The van der Waals surface area contributed by atoms with E-state index in [0.29, 0.717) is 5.88 Å². The second-order valence-corrected chi connectivity index (χ2v) is 9.54. The number of hydrogen-bond donors (Lipinski definition) is 2. The first-order valence-electron chi connectivity index (χ1n) is 10.6. The molecule has 8 nitrogen and oxygen atoms in total. The number of hydrogen-bond acceptors (Lipinski definition) is 6. The molecule has 1 aromatic carbocycles. The standard InChI is InChI=1S/C23H27N7O/c1-22(2)12-15(13-23(3,4)29-22)31-20-9-7-18(26-27-20)16-6-8-19(30-11-5-10-25-30)17-14-24-28-21(16)17/h5-11,14-15,29H,12-13H2,1-4H3,(H,24,28). The molecule has 1 saturated heterocycles. The van der Waals surface area contributed by atoms with Crippen molar-refractivity contribution in [2.75, 3.05) is 0 Å². The van der Waals surface area contributed by atoms with Gasteiger partial charge in [0.05, 0.1) is 23.1 Å². The molecule has 0 saturated carbocycles. The van der Waals surface area contributed by atoms with Crippen LogP contribution >= 0.6 is 0 Å². The molecule has 160 valence electrons. The monoisotopic (exact) mass is 417 g/mol. The van der Waals surface area contributed by atoms with E-state index in [1.165, 1.54) is 0 Å². The van der Waals surface area contributed by atoms with Gasteiger partial charge in [-0.3, -0.25) is 5.10 Å². The fraction of sp³-hybridized carbons (Fsp3) is 0.391. The molecule has 0 aliphatic carbocycles. The largest absolute Gasteiger partial charge is 0.473 e. The van der Waals surface area contributed by atoms with Gasteiger partial charge in [0, 0.05) is 53.3 Å². The van der Waals surface area contributed by atoms with Crippen LogP contribution in [0.25, 0.3) is 27.8 Å². The smallest absolute Gasteiger partial charge is 0.233 e. The predicted octanol–water partition coefficient (Wildman–Crippen LogP) is 3.89. The van der Waals surface area contributed by atoms with Crippen LogP contribution in [0.5, 0.6) is 5.88 Å². The van der Waals surface area contributed by atoms with Crippen molar-refractivity contribution in [3.63, 3.8) is 0 Å². The molecule has 5 rings (SSSR count). The first-order valence-corrected chi connectivity index (χ1v) is 10.6. The van der Waals surface area contributed by atoms with Crippen molar-refractivity contribution in [2.45, 2.75) is 57.7 Å². The summed E-state index contributed by atoms with van der Waals surface area (Å²) in [7, 11) is 0. The number of rotatable bonds is 4. The van der Waals surface area contributed by atoms with Crippen LogP contribution in [0, 0.1) is 0 Å². The average Bonchev–Trinajstić information content (AvgIpc) is 3.38. The van der Waals surface area contributed by atoms with E-state index in [-0.39, 0.29) is 17.2 Å². The third-order valence-corrected chi connectivity index (χ3v) is 5.70. The van der Waals surface area contributed by atoms with Crippen molar-refractivity contribution in [2.24, 2.45) is 0 Å². The van der Waals surface area contributed by atoms with Crippen LogP contribution in [-0.2, 0) is 0 Å². The molecule has 3 aromatic heterocycles. The molecular weight excluding hydrogens is 390 g/mol. The zero-order valence-corrected chi connectivity index (χ0v) is 18.3. The molecule has 1 aliphatic heterocycles. The fourth-order valence-corrected chi connectivity index (χ4v) is 4.85. The summed E-state index contributed by atoms with van der Waals surface area (Å²) in [6, 6.07) is 9.77. The van der Waals surface area contributed by atoms with Crippen LogP contribution in [0.4, 0.5) is 0 Å². The number of aromatic amines is 1. The number of benzene rings is 1. The Kier molecular flexibility index (Phi) is 4.55. The Balaban J connectivity index is 1.40. The number of nitrogens with one attached hydrogen (secondary N) is 2. The van der Waals surface area contributed by atoms with Gasteiger partial charge in [-0.15, -0.1) is 10.2 Å². The second kappa shape index (κ2) is 7.16. The minimum Gasteiger partial charge on any atom is -0.473 e. The quantitative estimate of drug-likeness (QED) is 0.523. The summed E-state index contributed by atoms with van der Waals surface area (Å²) in [6.07, 6.45) is 7.42. The Morgan fingerprint density at radius 1 is 1.03 bits per heavy atom. The van der Waals surface area contributed by atoms with E-state index in [4.69, 9.17) is 4.74 Å². The lowest BCUT2D eigenvalue weighted by Gasteiger charge is -2.46. The lowest BCUT2D eigenvalue weighted by Crippen LogP contribution is -2.60. The third kappa shape index (κ3) is 3.90. The van der Waals surface area contributed by atoms with Gasteiger partial charge in [-0.05, 0) is 52.0 Å². The summed E-state index contributed by atoms with van der Waals surface area (Å²) in [5.74, 6) is 0.552. The number of piperidine rings is 1. The Hall–Kier alpha value is -3.26. The molecule has 0 unspecified atom stereocenters. The van der Waals surface area contributed by atoms with E-state index in [1.54, 1.807) is 12.4 Å². The van der Waals surface area contributed by atoms with E-state index in [9.17, 15) is 0 Å². The zero-order chi connectivity index (χ0) is 21.6. The molecule has 1 aliphatic rings. The SMILES string of the molecule is CC1(C)CC(Oc2ccc(-c3ccc(-n4cccn4)c4cn[nH]c34)nn2)CC(C)(C)N1. The summed E-state index contributed by atoms with van der Waals surface area (Å²) in [6.45, 7) is 8.84. The number of nitrogens with zero attached hydrogens (tertiary/aromatic N) is 5. The van der Waals surface area contributed by atoms with Crippen LogP contribution in [0.1, 0.15) is 40.5 Å². The Morgan fingerprint density at radius 3 is 2.52 bits per heavy atom. The van der Waals surface area contributed by atoms with Crippen molar-refractivity contribution in [1.82, 2.24) is 35.5 Å². The maximum atomic E-state index is 6.21. The number of H-pyrrole nitrogens is 1. The Bertz CT molecular complexity index is 1180. The van der Waals surface area contributed by atoms with Crippen molar-refractivity contribution < 1.29 is 4.74 Å². The number of fused-ring (bicyclic) bond motifs is 1. The first-order chi connectivity index (χ1) is 14.8. The van der Waals surface area contributed by atoms with Crippen LogP contribution in [-0.4, -0.2) is 47.4 Å². The highest BCUT2D eigenvalue weighted by Crippen LogP contribution is 2.32. The van der Waals surface area contributed by atoms with Crippen LogP contribution in [0.3, 0.4) is 0 Å². The normalized spacial score (nSPS) is 18.3. The first kappa shape index (κ1) is 19.7. The van der Waals surface area contributed by atoms with Gasteiger partial charge in [0.1, 0.15) is 6.10 Å². The molecular formula is C23H27N7O. The van der Waals surface area contributed by atoms with Gasteiger partial charge in [0.15, 0.2) is 0 Å². The van der Waals surface area contributed by atoms with Gasteiger partial charge >= 0.3 is 0 Å². The molecule has 2 N–H and O–H groups in total. The highest BCUT2D eigenvalue weighted by molar-refractivity contribution is 5.97. The van der Waals surface area contributed by atoms with Crippen molar-refractivity contribution in [3.8, 4) is 22.8 Å². The molecule has 4 aromatic rings. The molecule has 4 heterocycles. The molecule has 0 spiro atoms. The molecule has 0 bridgehead atoms. The fourth-order valence-electron chi connectivity index (χ4n) is 4.85. The topological polar surface area (TPSA) is 93.5 Å². The Labute approximate surface area is 181 Å². The van der Waals surface area contributed by atoms with E-state index >= 15 is 0 Å². The maximum Gasteiger partial charge on any atom is 0.233 e. The Morgan fingerprint density at radius 2 is 1.84 bits per heavy atom. The minimum absolute atomic E-state index is 0.0162. The summed E-state index contributed by atoms with van der Waals surface area (Å²) in [5, 5.41) is 25.1. The zero-order valence-electron chi connectivity index (χ0n) is 18.3. The van der Waals surface area contributed by atoms with E-state index in [1.807, 2.05) is 41.2 Å². The predicted molar refractivity (Wildman–Crippen MR) is 119 cm³/mol. The maximum absolute atomic E-state index is 6.21. The summed E-state index contributed by atoms with van der Waals surface area (Å²) in [4.78, 5) is 0. The molecule has 0 radical (unpaired) electrons. The molecule has 0 amide bonds. The van der Waals surface area contributed by atoms with E-state index in [0.717, 1.165) is 40.7 Å². The third-order valence-electron chi connectivity index (χ3n) is 5.70.